The monoisotopic (exact) mass is 478 g/mol. The van der Waals surface area contributed by atoms with Gasteiger partial charge in [0.25, 0.3) is 0 Å². The Bertz CT molecular complexity index is 1040. The highest BCUT2D eigenvalue weighted by Gasteiger charge is 2.37. The molecule has 0 spiro atoms. The fraction of sp³-hybridized carbons (Fsp3) is 0.423. The Kier molecular flexibility index (Phi) is 8.84. The normalized spacial score (nSPS) is 20.0. The molecule has 9 nitrogen and oxygen atoms in total. The van der Waals surface area contributed by atoms with E-state index in [4.69, 9.17) is 21.3 Å². The molecule has 0 amide bonds. The Hall–Kier alpha value is -3.43. The number of nitrogens with zero attached hydrogens (tertiary/aromatic N) is 2. The van der Waals surface area contributed by atoms with E-state index in [0.717, 1.165) is 60.7 Å². The number of amidine groups is 1. The number of nitrogens with two attached hydrogens (primary N) is 1. The molecule has 7 N–H and O–H groups in total. The van der Waals surface area contributed by atoms with Crippen LogP contribution < -0.4 is 21.7 Å². The zero-order chi connectivity index (χ0) is 25.4. The maximum Gasteiger partial charge on any atom is 0.123 e. The topological polar surface area (TPSA) is 135 Å². The van der Waals surface area contributed by atoms with Crippen LogP contribution in [0.25, 0.3) is 0 Å². The first-order chi connectivity index (χ1) is 16.8. The lowest BCUT2D eigenvalue weighted by atomic mass is 9.96. The molecule has 3 heterocycles. The second kappa shape index (κ2) is 11.8. The Morgan fingerprint density at radius 2 is 2.11 bits per heavy atom. The predicted octanol–water partition coefficient (Wildman–Crippen LogP) is 2.51. The molecule has 1 saturated heterocycles. The number of hydrogen-bond acceptors (Lipinski definition) is 8. The summed E-state index contributed by atoms with van der Waals surface area (Å²) in [5.41, 5.74) is 10.2. The third kappa shape index (κ3) is 7.03. The smallest absolute Gasteiger partial charge is 0.123 e. The summed E-state index contributed by atoms with van der Waals surface area (Å²) in [5.74, 6) is 1.07. The second-order valence-corrected chi connectivity index (χ2v) is 9.45. The summed E-state index contributed by atoms with van der Waals surface area (Å²) in [6.07, 6.45) is 15.0. The summed E-state index contributed by atoms with van der Waals surface area (Å²) < 4.78 is 5.49. The van der Waals surface area contributed by atoms with Crippen LogP contribution in [0.1, 0.15) is 27.2 Å². The minimum atomic E-state index is 0.00620. The molecule has 35 heavy (non-hydrogen) atoms. The van der Waals surface area contributed by atoms with Gasteiger partial charge >= 0.3 is 0 Å². The van der Waals surface area contributed by atoms with Crippen molar-refractivity contribution < 1.29 is 4.74 Å². The Morgan fingerprint density at radius 1 is 1.34 bits per heavy atom. The van der Waals surface area contributed by atoms with Crippen LogP contribution in [0, 0.1) is 16.7 Å². The van der Waals surface area contributed by atoms with Crippen molar-refractivity contribution in [1.29, 1.82) is 10.8 Å². The zero-order valence-electron chi connectivity index (χ0n) is 21.1. The fourth-order valence-electron chi connectivity index (χ4n) is 4.01. The zero-order valence-corrected chi connectivity index (χ0v) is 21.1. The van der Waals surface area contributed by atoms with Crippen molar-refractivity contribution in [3.8, 4) is 0 Å². The summed E-state index contributed by atoms with van der Waals surface area (Å²) in [6.45, 7) is 9.82. The van der Waals surface area contributed by atoms with Crippen LogP contribution in [-0.2, 0) is 4.74 Å². The summed E-state index contributed by atoms with van der Waals surface area (Å²) in [5, 5.41) is 25.4. The first-order valence-corrected chi connectivity index (χ1v) is 11.9. The van der Waals surface area contributed by atoms with Gasteiger partial charge in [0.2, 0.25) is 0 Å². The standard InChI is InChI=1S/C26H38N8O/c1-18(2)19(12-27)11-24(29)33-25-7-6-22-23(32-25)10-20(15-31-22)21(13-28)14-30-8-5-9-34-16-26(3,17-34)35-4/h6-7,10-15,18,27,31-32H,5,8-9,16-17,28H2,1-4H3,(H2,29,33). The second-order valence-electron chi connectivity index (χ2n) is 9.45. The molecule has 1 fully saturated rings. The van der Waals surface area contributed by atoms with E-state index >= 15 is 0 Å². The number of allylic oxidation sites excluding steroid dienone is 6. The minimum Gasteiger partial charge on any atom is -0.404 e. The molecule has 9 heteroatoms. The Labute approximate surface area is 208 Å². The average Bonchev–Trinajstić information content (AvgIpc) is 2.82. The van der Waals surface area contributed by atoms with Crippen LogP contribution in [0.5, 0.6) is 0 Å². The number of aliphatic imine (C=N–C) groups is 1. The number of rotatable bonds is 11. The van der Waals surface area contributed by atoms with Crippen molar-refractivity contribution in [2.24, 2.45) is 16.6 Å². The number of hydrogen-bond donors (Lipinski definition) is 6. The van der Waals surface area contributed by atoms with E-state index in [1.807, 2.05) is 44.5 Å². The third-order valence-electron chi connectivity index (χ3n) is 6.19. The highest BCUT2D eigenvalue weighted by molar-refractivity contribution is 5.97. The van der Waals surface area contributed by atoms with Gasteiger partial charge in [-0.05, 0) is 49.1 Å². The van der Waals surface area contributed by atoms with Crippen molar-refractivity contribution in [1.82, 2.24) is 20.9 Å². The van der Waals surface area contributed by atoms with Crippen LogP contribution >= 0.6 is 0 Å². The Balaban J connectivity index is 1.52. The summed E-state index contributed by atoms with van der Waals surface area (Å²) in [6, 6.07) is 0. The van der Waals surface area contributed by atoms with Gasteiger partial charge < -0.3 is 31.8 Å². The number of fused-ring (bicyclic) bond motifs is 1. The molecule has 188 valence electrons. The third-order valence-corrected chi connectivity index (χ3v) is 6.19. The lowest BCUT2D eigenvalue weighted by molar-refractivity contribution is -0.110. The molecule has 3 aliphatic rings. The lowest BCUT2D eigenvalue weighted by Gasteiger charge is -2.46. The van der Waals surface area contributed by atoms with E-state index in [2.05, 4.69) is 32.8 Å². The van der Waals surface area contributed by atoms with E-state index in [9.17, 15) is 0 Å². The van der Waals surface area contributed by atoms with Crippen molar-refractivity contribution in [2.75, 3.05) is 33.3 Å². The van der Waals surface area contributed by atoms with E-state index in [1.54, 1.807) is 19.4 Å². The average molecular weight is 479 g/mol. The number of methoxy groups -OCH3 is 1. The summed E-state index contributed by atoms with van der Waals surface area (Å²) in [7, 11) is 1.77. The summed E-state index contributed by atoms with van der Waals surface area (Å²) >= 11 is 0. The Morgan fingerprint density at radius 3 is 2.77 bits per heavy atom. The highest BCUT2D eigenvalue weighted by atomic mass is 16.5. The molecule has 0 atom stereocenters. The van der Waals surface area contributed by atoms with Gasteiger partial charge in [0, 0.05) is 69.3 Å². The molecule has 0 aliphatic carbocycles. The molecular formula is C26H38N8O. The van der Waals surface area contributed by atoms with Crippen molar-refractivity contribution in [3.63, 3.8) is 0 Å². The van der Waals surface area contributed by atoms with Crippen molar-refractivity contribution in [3.05, 3.63) is 70.6 Å². The van der Waals surface area contributed by atoms with Gasteiger partial charge in [-0.3, -0.25) is 15.3 Å². The molecule has 3 rings (SSSR count). The van der Waals surface area contributed by atoms with E-state index < -0.39 is 0 Å². The van der Waals surface area contributed by atoms with Crippen LogP contribution in [0.4, 0.5) is 0 Å². The van der Waals surface area contributed by atoms with Gasteiger partial charge in [-0.2, -0.15) is 0 Å². The van der Waals surface area contributed by atoms with Gasteiger partial charge in [-0.25, -0.2) is 0 Å². The van der Waals surface area contributed by atoms with Crippen LogP contribution in [0.15, 0.2) is 75.6 Å². The first kappa shape index (κ1) is 26.2. The van der Waals surface area contributed by atoms with Crippen molar-refractivity contribution >= 4 is 18.3 Å². The highest BCUT2D eigenvalue weighted by Crippen LogP contribution is 2.24. The maximum atomic E-state index is 8.21. The molecule has 0 aromatic rings. The first-order valence-electron chi connectivity index (χ1n) is 11.9. The van der Waals surface area contributed by atoms with Gasteiger partial charge in [0.05, 0.1) is 17.0 Å². The number of nitrogens with one attached hydrogen (secondary N) is 5. The molecular weight excluding hydrogens is 440 g/mol. The number of likely N-dealkylation sites (tertiary alicyclic amines) is 1. The molecule has 0 saturated carbocycles. The van der Waals surface area contributed by atoms with E-state index in [-0.39, 0.29) is 17.4 Å². The van der Waals surface area contributed by atoms with Gasteiger partial charge in [-0.15, -0.1) is 0 Å². The van der Waals surface area contributed by atoms with Crippen LogP contribution in [0.2, 0.25) is 0 Å². The lowest BCUT2D eigenvalue weighted by Crippen LogP contribution is -2.60. The maximum absolute atomic E-state index is 8.21. The minimum absolute atomic E-state index is 0.00620. The number of ether oxygens (including phenoxy) is 1. The molecule has 0 aromatic heterocycles. The van der Waals surface area contributed by atoms with Gasteiger partial charge in [0.15, 0.2) is 0 Å². The molecule has 0 radical (unpaired) electrons. The van der Waals surface area contributed by atoms with E-state index in [0.29, 0.717) is 5.82 Å². The number of dihydropyridines is 2. The van der Waals surface area contributed by atoms with Crippen LogP contribution in [-0.4, -0.2) is 62.1 Å². The SMILES string of the molecule is COC1(C)CN(CCCN=CC(=CN)C2=CNC3=CC=C(NC(=N)C=C(C=N)C(C)C)NC3=C2)C1. The van der Waals surface area contributed by atoms with Crippen molar-refractivity contribution in [2.45, 2.75) is 32.8 Å². The van der Waals surface area contributed by atoms with Gasteiger partial charge in [-0.1, -0.05) is 13.8 Å². The predicted molar refractivity (Wildman–Crippen MR) is 143 cm³/mol. The molecule has 3 aliphatic heterocycles. The largest absolute Gasteiger partial charge is 0.404 e. The fourth-order valence-corrected chi connectivity index (χ4v) is 4.01. The molecule has 0 bridgehead atoms. The molecule has 0 aromatic carbocycles. The summed E-state index contributed by atoms with van der Waals surface area (Å²) in [4.78, 5) is 6.95. The van der Waals surface area contributed by atoms with E-state index in [1.165, 1.54) is 6.21 Å². The molecule has 0 unspecified atom stereocenters. The van der Waals surface area contributed by atoms with Crippen LogP contribution in [0.3, 0.4) is 0 Å². The quantitative estimate of drug-likeness (QED) is 0.153. The van der Waals surface area contributed by atoms with Gasteiger partial charge in [0.1, 0.15) is 11.7 Å².